The van der Waals surface area contributed by atoms with Crippen molar-refractivity contribution in [2.24, 2.45) is 0 Å². The molecule has 116 valence electrons. The summed E-state index contributed by atoms with van der Waals surface area (Å²) in [6, 6.07) is 13.5. The van der Waals surface area contributed by atoms with Gasteiger partial charge in [0.25, 0.3) is 0 Å². The molecule has 0 amide bonds. The molecule has 0 unspecified atom stereocenters. The van der Waals surface area contributed by atoms with Crippen LogP contribution in [0.5, 0.6) is 0 Å². The van der Waals surface area contributed by atoms with E-state index in [-0.39, 0.29) is 14.9 Å². The first-order chi connectivity index (χ1) is 8.95. The largest absolute Gasteiger partial charge is 0.416 e. The Kier molecular flexibility index (Phi) is 6.99. The van der Waals surface area contributed by atoms with Crippen LogP contribution in [0.4, 0.5) is 18.9 Å². The van der Waals surface area contributed by atoms with Gasteiger partial charge in [0.2, 0.25) is 0 Å². The molecule has 0 spiro atoms. The van der Waals surface area contributed by atoms with Crippen molar-refractivity contribution in [1.82, 2.24) is 0 Å². The molecule has 2 rings (SSSR count). The number of anilines is 1. The van der Waals surface area contributed by atoms with Crippen molar-refractivity contribution in [1.29, 1.82) is 0 Å². The normalized spacial score (nSPS) is 10.3. The summed E-state index contributed by atoms with van der Waals surface area (Å²) in [5, 5.41) is 3.01. The molecule has 2 aromatic rings. The molecule has 0 aliphatic heterocycles. The average molecular weight is 297 g/mol. The monoisotopic (exact) mass is 297 g/mol. The first-order valence-electron chi connectivity index (χ1n) is 5.92. The van der Waals surface area contributed by atoms with Crippen molar-refractivity contribution in [2.75, 3.05) is 5.32 Å². The van der Waals surface area contributed by atoms with E-state index in [9.17, 15) is 13.2 Å². The molecular formula is C17H22F3N. The van der Waals surface area contributed by atoms with Gasteiger partial charge in [-0.25, -0.2) is 0 Å². The molecule has 0 radical (unpaired) electrons. The predicted octanol–water partition coefficient (Wildman–Crippen LogP) is 5.90. The second-order valence-electron chi connectivity index (χ2n) is 4.42. The number of hydrogen-bond acceptors (Lipinski definition) is 1. The van der Waals surface area contributed by atoms with Gasteiger partial charge in [-0.3, -0.25) is 0 Å². The highest BCUT2D eigenvalue weighted by molar-refractivity contribution is 5.49. The zero-order valence-corrected chi connectivity index (χ0v) is 10.5. The summed E-state index contributed by atoms with van der Waals surface area (Å²) in [4.78, 5) is 0. The minimum absolute atomic E-state index is 0. The third kappa shape index (κ3) is 5.50. The van der Waals surface area contributed by atoms with E-state index in [4.69, 9.17) is 0 Å². The summed E-state index contributed by atoms with van der Waals surface area (Å²) < 4.78 is 38.0. The van der Waals surface area contributed by atoms with Gasteiger partial charge in [-0.2, -0.15) is 13.2 Å². The highest BCUT2D eigenvalue weighted by Crippen LogP contribution is 2.31. The highest BCUT2D eigenvalue weighted by Gasteiger charge is 2.30. The summed E-state index contributed by atoms with van der Waals surface area (Å²) in [6.45, 7) is 2.16. The molecule has 21 heavy (non-hydrogen) atoms. The number of halogens is 3. The van der Waals surface area contributed by atoms with E-state index in [0.717, 1.165) is 17.7 Å². The molecule has 0 saturated carbocycles. The molecule has 0 bridgehead atoms. The quantitative estimate of drug-likeness (QED) is 0.744. The topological polar surface area (TPSA) is 12.0 Å². The Morgan fingerprint density at radius 3 is 2.14 bits per heavy atom. The van der Waals surface area contributed by atoms with Crippen molar-refractivity contribution < 1.29 is 13.2 Å². The molecule has 0 aliphatic carbocycles. The number of alkyl halides is 3. The lowest BCUT2D eigenvalue weighted by Gasteiger charge is -2.12. The van der Waals surface area contributed by atoms with E-state index < -0.39 is 11.7 Å². The number of nitrogens with one attached hydrogen (secondary N) is 1. The van der Waals surface area contributed by atoms with Crippen LogP contribution in [0.25, 0.3) is 0 Å². The number of aryl methyl sites for hydroxylation is 1. The van der Waals surface area contributed by atoms with Gasteiger partial charge in [0.15, 0.2) is 0 Å². The van der Waals surface area contributed by atoms with E-state index >= 15 is 0 Å². The molecule has 1 N–H and O–H groups in total. The predicted molar refractivity (Wildman–Crippen MR) is 83.4 cm³/mol. The number of rotatable bonds is 3. The summed E-state index contributed by atoms with van der Waals surface area (Å²) in [5.41, 5.74) is 1.47. The van der Waals surface area contributed by atoms with Crippen molar-refractivity contribution in [3.8, 4) is 0 Å². The molecule has 0 aromatic heterocycles. The van der Waals surface area contributed by atoms with Gasteiger partial charge in [0, 0.05) is 12.2 Å². The molecule has 0 saturated heterocycles. The van der Waals surface area contributed by atoms with Gasteiger partial charge >= 0.3 is 6.18 Å². The lowest BCUT2D eigenvalue weighted by molar-refractivity contribution is -0.137. The SMILES string of the molecule is C.C.Cc1cc(NCc2ccccc2)cc(C(F)(F)F)c1. The highest BCUT2D eigenvalue weighted by atomic mass is 19.4. The second kappa shape index (κ2) is 7.72. The van der Waals surface area contributed by atoms with Gasteiger partial charge in [-0.1, -0.05) is 45.2 Å². The van der Waals surface area contributed by atoms with Crippen LogP contribution in [-0.4, -0.2) is 0 Å². The zero-order valence-electron chi connectivity index (χ0n) is 10.5. The van der Waals surface area contributed by atoms with E-state index in [1.807, 2.05) is 30.3 Å². The van der Waals surface area contributed by atoms with E-state index in [0.29, 0.717) is 17.8 Å². The molecule has 1 nitrogen and oxygen atoms in total. The summed E-state index contributed by atoms with van der Waals surface area (Å²) in [6.07, 6.45) is -4.31. The van der Waals surface area contributed by atoms with Crippen LogP contribution in [0.2, 0.25) is 0 Å². The molecule has 0 aliphatic rings. The molecule has 0 fully saturated rings. The van der Waals surface area contributed by atoms with E-state index in [1.165, 1.54) is 0 Å². The van der Waals surface area contributed by atoms with E-state index in [2.05, 4.69) is 5.32 Å². The Bertz CT molecular complexity index is 548. The Balaban J connectivity index is 0.00000200. The minimum Gasteiger partial charge on any atom is -0.381 e. The Hall–Kier alpha value is -1.97. The Morgan fingerprint density at radius 1 is 0.952 bits per heavy atom. The summed E-state index contributed by atoms with van der Waals surface area (Å²) in [5.74, 6) is 0. The third-order valence-corrected chi connectivity index (χ3v) is 2.74. The van der Waals surface area contributed by atoms with Gasteiger partial charge in [-0.15, -0.1) is 0 Å². The molecular weight excluding hydrogens is 275 g/mol. The van der Waals surface area contributed by atoms with Crippen molar-refractivity contribution in [3.05, 3.63) is 65.2 Å². The van der Waals surface area contributed by atoms with Crippen molar-refractivity contribution in [3.63, 3.8) is 0 Å². The fourth-order valence-electron chi connectivity index (χ4n) is 1.85. The lowest BCUT2D eigenvalue weighted by atomic mass is 10.1. The van der Waals surface area contributed by atoms with Gasteiger partial charge < -0.3 is 5.32 Å². The first kappa shape index (κ1) is 19.0. The first-order valence-corrected chi connectivity index (χ1v) is 5.92. The molecule has 4 heteroatoms. The lowest BCUT2D eigenvalue weighted by Crippen LogP contribution is -2.07. The van der Waals surface area contributed by atoms with Gasteiger partial charge in [-0.05, 0) is 36.2 Å². The average Bonchev–Trinajstić information content (AvgIpc) is 2.36. The Morgan fingerprint density at radius 2 is 1.57 bits per heavy atom. The minimum atomic E-state index is -4.31. The zero-order chi connectivity index (χ0) is 13.9. The van der Waals surface area contributed by atoms with Gasteiger partial charge in [0.05, 0.1) is 5.56 Å². The fourth-order valence-corrected chi connectivity index (χ4v) is 1.85. The number of hydrogen-bond donors (Lipinski definition) is 1. The van der Waals surface area contributed by atoms with Crippen molar-refractivity contribution in [2.45, 2.75) is 34.5 Å². The number of benzene rings is 2. The van der Waals surface area contributed by atoms with Crippen LogP contribution in [0.15, 0.2) is 48.5 Å². The standard InChI is InChI=1S/C15H14F3N.2CH4/c1-11-7-13(15(16,17)18)9-14(8-11)19-10-12-5-3-2-4-6-12;;/h2-9,19H,10H2,1H3;2*1H4. The molecule has 0 heterocycles. The maximum absolute atomic E-state index is 12.7. The van der Waals surface area contributed by atoms with Crippen LogP contribution in [0.3, 0.4) is 0 Å². The van der Waals surface area contributed by atoms with Crippen molar-refractivity contribution >= 4 is 5.69 Å². The maximum atomic E-state index is 12.7. The van der Waals surface area contributed by atoms with Crippen LogP contribution in [0, 0.1) is 6.92 Å². The van der Waals surface area contributed by atoms with Crippen LogP contribution in [-0.2, 0) is 12.7 Å². The fraction of sp³-hybridized carbons (Fsp3) is 0.294. The summed E-state index contributed by atoms with van der Waals surface area (Å²) in [7, 11) is 0. The van der Waals surface area contributed by atoms with E-state index in [1.54, 1.807) is 13.0 Å². The van der Waals surface area contributed by atoms with Gasteiger partial charge in [0.1, 0.15) is 0 Å². The molecule has 2 aromatic carbocycles. The van der Waals surface area contributed by atoms with Crippen LogP contribution >= 0.6 is 0 Å². The maximum Gasteiger partial charge on any atom is 0.416 e. The third-order valence-electron chi connectivity index (χ3n) is 2.74. The second-order valence-corrected chi connectivity index (χ2v) is 4.42. The smallest absolute Gasteiger partial charge is 0.381 e. The van der Waals surface area contributed by atoms with Crippen LogP contribution < -0.4 is 5.32 Å². The molecule has 0 atom stereocenters. The summed E-state index contributed by atoms with van der Waals surface area (Å²) >= 11 is 0. The van der Waals surface area contributed by atoms with Crippen LogP contribution in [0.1, 0.15) is 31.5 Å². The Labute approximate surface area is 124 Å².